The first-order valence-electron chi connectivity index (χ1n) is 7.97. The summed E-state index contributed by atoms with van der Waals surface area (Å²) in [4.78, 5) is 14.2. The Hall–Kier alpha value is -0.770. The predicted molar refractivity (Wildman–Crippen MR) is 94.8 cm³/mol. The van der Waals surface area contributed by atoms with Crippen LogP contribution in [-0.4, -0.2) is 30.4 Å². The summed E-state index contributed by atoms with van der Waals surface area (Å²) in [6.07, 6.45) is 5.23. The summed E-state index contributed by atoms with van der Waals surface area (Å²) in [5, 5.41) is 3.86. The fourth-order valence-electron chi connectivity index (χ4n) is 2.94. The molecule has 2 rings (SSSR count). The zero-order valence-electron chi connectivity index (χ0n) is 13.2. The summed E-state index contributed by atoms with van der Waals surface area (Å²) in [6, 6.07) is 8.16. The first-order valence-corrected chi connectivity index (χ1v) is 8.35. The van der Waals surface area contributed by atoms with E-state index in [1.165, 1.54) is 19.3 Å². The highest BCUT2D eigenvalue weighted by molar-refractivity contribution is 6.31. The van der Waals surface area contributed by atoms with Crippen LogP contribution in [0.4, 0.5) is 0 Å². The Bertz CT molecular complexity index is 462. The van der Waals surface area contributed by atoms with Crippen molar-refractivity contribution in [2.75, 3.05) is 19.6 Å². The van der Waals surface area contributed by atoms with E-state index in [1.807, 2.05) is 25.1 Å². The number of piperidine rings is 1. The van der Waals surface area contributed by atoms with Crippen molar-refractivity contribution >= 4 is 29.9 Å². The Morgan fingerprint density at radius 2 is 1.95 bits per heavy atom. The van der Waals surface area contributed by atoms with Crippen LogP contribution in [0.25, 0.3) is 0 Å². The van der Waals surface area contributed by atoms with Crippen LogP contribution < -0.4 is 5.32 Å². The van der Waals surface area contributed by atoms with Crippen LogP contribution in [0.15, 0.2) is 24.3 Å². The molecule has 0 bridgehead atoms. The van der Waals surface area contributed by atoms with Gasteiger partial charge in [0, 0.05) is 18.0 Å². The maximum atomic E-state index is 11.8. The van der Waals surface area contributed by atoms with E-state index >= 15 is 0 Å². The van der Waals surface area contributed by atoms with E-state index in [9.17, 15) is 4.79 Å². The maximum Gasteiger partial charge on any atom is 0.220 e. The second-order valence-corrected chi connectivity index (χ2v) is 6.10. The van der Waals surface area contributed by atoms with Gasteiger partial charge >= 0.3 is 0 Å². The van der Waals surface area contributed by atoms with Gasteiger partial charge in [-0.1, -0.05) is 43.1 Å². The van der Waals surface area contributed by atoms with E-state index in [0.29, 0.717) is 13.0 Å². The van der Waals surface area contributed by atoms with Crippen LogP contribution in [-0.2, 0) is 4.79 Å². The van der Waals surface area contributed by atoms with Crippen molar-refractivity contribution in [2.45, 2.75) is 45.1 Å². The Kier molecular flexibility index (Phi) is 8.84. The lowest BCUT2D eigenvalue weighted by Crippen LogP contribution is -2.40. The smallest absolute Gasteiger partial charge is 0.220 e. The molecule has 124 valence electrons. The maximum absolute atomic E-state index is 11.8. The molecule has 1 amide bonds. The van der Waals surface area contributed by atoms with Gasteiger partial charge in [0.05, 0.1) is 6.04 Å². The number of rotatable bonds is 6. The van der Waals surface area contributed by atoms with Crippen molar-refractivity contribution in [1.82, 2.24) is 10.2 Å². The van der Waals surface area contributed by atoms with Crippen LogP contribution in [0, 0.1) is 0 Å². The van der Waals surface area contributed by atoms with Crippen LogP contribution >= 0.6 is 24.0 Å². The summed E-state index contributed by atoms with van der Waals surface area (Å²) < 4.78 is 0. The average Bonchev–Trinajstić information content (AvgIpc) is 2.50. The van der Waals surface area contributed by atoms with Gasteiger partial charge < -0.3 is 5.32 Å². The summed E-state index contributed by atoms with van der Waals surface area (Å²) in [7, 11) is 0. The van der Waals surface area contributed by atoms with Gasteiger partial charge in [0.1, 0.15) is 0 Å². The SMILES string of the molecule is CCCC(=O)NCC(c1ccccc1Cl)N1CCCCC1.Cl. The number of benzene rings is 1. The molecular weight excluding hydrogens is 319 g/mol. The van der Waals surface area contributed by atoms with Gasteiger partial charge in [-0.15, -0.1) is 12.4 Å². The van der Waals surface area contributed by atoms with E-state index < -0.39 is 0 Å². The molecule has 1 unspecified atom stereocenters. The number of hydrogen-bond acceptors (Lipinski definition) is 2. The minimum Gasteiger partial charge on any atom is -0.354 e. The zero-order chi connectivity index (χ0) is 15.1. The van der Waals surface area contributed by atoms with Gasteiger partial charge in [0.25, 0.3) is 0 Å². The first kappa shape index (κ1) is 19.3. The number of amides is 1. The van der Waals surface area contributed by atoms with Gasteiger partial charge in [0.15, 0.2) is 0 Å². The Labute approximate surface area is 144 Å². The zero-order valence-corrected chi connectivity index (χ0v) is 14.8. The van der Waals surface area contributed by atoms with Gasteiger partial charge in [-0.25, -0.2) is 0 Å². The molecule has 1 aromatic rings. The van der Waals surface area contributed by atoms with Crippen molar-refractivity contribution in [2.24, 2.45) is 0 Å². The molecule has 1 N–H and O–H groups in total. The lowest BCUT2D eigenvalue weighted by atomic mass is 10.0. The Morgan fingerprint density at radius 1 is 1.27 bits per heavy atom. The number of carbonyl (C=O) groups excluding carboxylic acids is 1. The largest absolute Gasteiger partial charge is 0.354 e. The molecule has 1 aliphatic rings. The third-order valence-corrected chi connectivity index (χ3v) is 4.41. The third kappa shape index (κ3) is 5.45. The molecule has 1 fully saturated rings. The monoisotopic (exact) mass is 344 g/mol. The molecular formula is C17H26Cl2N2O. The van der Waals surface area contributed by atoms with Crippen LogP contribution in [0.3, 0.4) is 0 Å². The summed E-state index contributed by atoms with van der Waals surface area (Å²) >= 11 is 6.38. The van der Waals surface area contributed by atoms with E-state index in [4.69, 9.17) is 11.6 Å². The number of likely N-dealkylation sites (tertiary alicyclic amines) is 1. The van der Waals surface area contributed by atoms with E-state index in [2.05, 4.69) is 16.3 Å². The molecule has 1 aliphatic heterocycles. The molecule has 5 heteroatoms. The molecule has 0 saturated carbocycles. The molecule has 1 atom stereocenters. The lowest BCUT2D eigenvalue weighted by Gasteiger charge is -2.35. The highest BCUT2D eigenvalue weighted by Gasteiger charge is 2.24. The standard InChI is InChI=1S/C17H25ClN2O.ClH/c1-2-8-17(21)19-13-16(20-11-6-3-7-12-20)14-9-4-5-10-15(14)18;/h4-5,9-10,16H,2-3,6-8,11-13H2,1H3,(H,19,21);1H. The van der Waals surface area contributed by atoms with Crippen molar-refractivity contribution in [3.8, 4) is 0 Å². The fraction of sp³-hybridized carbons (Fsp3) is 0.588. The quantitative estimate of drug-likeness (QED) is 0.838. The molecule has 3 nitrogen and oxygen atoms in total. The third-order valence-electron chi connectivity index (χ3n) is 4.07. The minimum absolute atomic E-state index is 0. The van der Waals surface area contributed by atoms with Gasteiger partial charge in [0.2, 0.25) is 5.91 Å². The summed E-state index contributed by atoms with van der Waals surface area (Å²) in [5.41, 5.74) is 1.12. The van der Waals surface area contributed by atoms with E-state index in [0.717, 1.165) is 30.1 Å². The van der Waals surface area contributed by atoms with Crippen LogP contribution in [0.1, 0.15) is 50.6 Å². The summed E-state index contributed by atoms with van der Waals surface area (Å²) in [5.74, 6) is 0.131. The molecule has 1 aromatic carbocycles. The Morgan fingerprint density at radius 3 is 2.59 bits per heavy atom. The normalized spacial score (nSPS) is 16.6. The fourth-order valence-corrected chi connectivity index (χ4v) is 3.20. The van der Waals surface area contributed by atoms with Crippen molar-refractivity contribution in [3.05, 3.63) is 34.9 Å². The molecule has 0 spiro atoms. The molecule has 1 saturated heterocycles. The molecule has 0 aliphatic carbocycles. The lowest BCUT2D eigenvalue weighted by molar-refractivity contribution is -0.121. The van der Waals surface area contributed by atoms with Gasteiger partial charge in [-0.05, 0) is 44.0 Å². The number of nitrogens with one attached hydrogen (secondary N) is 1. The van der Waals surface area contributed by atoms with Crippen LogP contribution in [0.2, 0.25) is 5.02 Å². The number of carbonyl (C=O) groups is 1. The van der Waals surface area contributed by atoms with Crippen molar-refractivity contribution in [1.29, 1.82) is 0 Å². The highest BCUT2D eigenvalue weighted by atomic mass is 35.5. The minimum atomic E-state index is 0. The number of hydrogen-bond donors (Lipinski definition) is 1. The van der Waals surface area contributed by atoms with Crippen LogP contribution in [0.5, 0.6) is 0 Å². The average molecular weight is 345 g/mol. The van der Waals surface area contributed by atoms with Gasteiger partial charge in [-0.3, -0.25) is 9.69 Å². The topological polar surface area (TPSA) is 32.3 Å². The number of nitrogens with zero attached hydrogens (tertiary/aromatic N) is 1. The van der Waals surface area contributed by atoms with Crippen molar-refractivity contribution in [3.63, 3.8) is 0 Å². The second-order valence-electron chi connectivity index (χ2n) is 5.69. The summed E-state index contributed by atoms with van der Waals surface area (Å²) in [6.45, 7) is 4.83. The van der Waals surface area contributed by atoms with E-state index in [1.54, 1.807) is 0 Å². The first-order chi connectivity index (χ1) is 10.2. The number of halogens is 2. The molecule has 0 radical (unpaired) electrons. The van der Waals surface area contributed by atoms with E-state index in [-0.39, 0.29) is 24.4 Å². The molecule has 22 heavy (non-hydrogen) atoms. The predicted octanol–water partition coefficient (Wildman–Crippen LogP) is 4.21. The highest BCUT2D eigenvalue weighted by Crippen LogP contribution is 2.29. The van der Waals surface area contributed by atoms with Gasteiger partial charge in [-0.2, -0.15) is 0 Å². The van der Waals surface area contributed by atoms with Crippen molar-refractivity contribution < 1.29 is 4.79 Å². The second kappa shape index (κ2) is 10.1. The Balaban J connectivity index is 0.00000242. The molecule has 0 aromatic heterocycles. The molecule has 1 heterocycles.